The fourth-order valence-corrected chi connectivity index (χ4v) is 4.85. The van der Waals surface area contributed by atoms with Gasteiger partial charge in [0.25, 0.3) is 0 Å². The molecule has 1 aliphatic rings. The predicted molar refractivity (Wildman–Crippen MR) is 144 cm³/mol. The summed E-state index contributed by atoms with van der Waals surface area (Å²) in [5.41, 5.74) is 2.64. The molecule has 10 heteroatoms. The average molecular weight is 530 g/mol. The number of likely N-dealkylation sites (tertiary alicyclic amines) is 1. The van der Waals surface area contributed by atoms with Crippen molar-refractivity contribution >= 4 is 34.5 Å². The molecule has 0 spiro atoms. The number of pyridine rings is 2. The van der Waals surface area contributed by atoms with Crippen LogP contribution in [0, 0.1) is 0 Å². The number of carbonyl (C=O) groups is 2. The maximum absolute atomic E-state index is 12.3. The van der Waals surface area contributed by atoms with E-state index in [1.807, 2.05) is 28.8 Å². The number of fused-ring (bicyclic) bond motifs is 1. The molecule has 5 rings (SSSR count). The lowest BCUT2D eigenvalue weighted by atomic mass is 10.1. The fraction of sp³-hybridized carbons (Fsp3) is 0.179. The summed E-state index contributed by atoms with van der Waals surface area (Å²) < 4.78 is 8.95. The molecule has 1 amide bonds. The van der Waals surface area contributed by atoms with Crippen LogP contribution in [0.25, 0.3) is 28.0 Å². The number of carbonyl (C=O) groups excluding carboxylic acids is 2. The van der Waals surface area contributed by atoms with Crippen molar-refractivity contribution in [2.24, 2.45) is 0 Å². The normalized spacial score (nSPS) is 15.3. The van der Waals surface area contributed by atoms with Gasteiger partial charge in [-0.05, 0) is 31.1 Å². The molecule has 4 heterocycles. The summed E-state index contributed by atoms with van der Waals surface area (Å²) >= 11 is 6.78. The van der Waals surface area contributed by atoms with Gasteiger partial charge in [-0.15, -0.1) is 0 Å². The minimum absolute atomic E-state index is 0.0685. The van der Waals surface area contributed by atoms with Crippen LogP contribution in [0.15, 0.2) is 85.1 Å². The molecule has 0 bridgehead atoms. The second kappa shape index (κ2) is 10.5. The smallest absolute Gasteiger partial charge is 0.335 e. The number of amides is 1. The van der Waals surface area contributed by atoms with E-state index in [1.165, 1.54) is 24.4 Å². The second-order valence-corrected chi connectivity index (χ2v) is 9.20. The van der Waals surface area contributed by atoms with Crippen molar-refractivity contribution in [1.82, 2.24) is 24.2 Å². The lowest BCUT2D eigenvalue weighted by Gasteiger charge is -2.32. The number of hydrogen-bond donors (Lipinski definition) is 0. The van der Waals surface area contributed by atoms with E-state index >= 15 is 0 Å². The van der Waals surface area contributed by atoms with E-state index in [2.05, 4.69) is 18.1 Å². The summed E-state index contributed by atoms with van der Waals surface area (Å²) in [6, 6.07) is 10.4. The van der Waals surface area contributed by atoms with Gasteiger partial charge in [0.2, 0.25) is 5.91 Å². The van der Waals surface area contributed by atoms with Crippen molar-refractivity contribution < 1.29 is 14.3 Å². The molecule has 0 radical (unpaired) electrons. The minimum Gasteiger partial charge on any atom is -0.420 e. The minimum atomic E-state index is -0.654. The first-order chi connectivity index (χ1) is 18.4. The van der Waals surface area contributed by atoms with E-state index in [0.717, 1.165) is 30.2 Å². The van der Waals surface area contributed by atoms with Crippen LogP contribution in [0.5, 0.6) is 5.75 Å². The Balaban J connectivity index is 1.62. The van der Waals surface area contributed by atoms with E-state index < -0.39 is 5.97 Å². The zero-order valence-corrected chi connectivity index (χ0v) is 21.2. The van der Waals surface area contributed by atoms with Crippen molar-refractivity contribution in [3.05, 3.63) is 95.5 Å². The molecular weight excluding hydrogens is 506 g/mol. The summed E-state index contributed by atoms with van der Waals surface area (Å²) in [6.07, 6.45) is 8.75. The topological polar surface area (TPSA) is 99.3 Å². The van der Waals surface area contributed by atoms with Crippen LogP contribution >= 0.6 is 11.6 Å². The average Bonchev–Trinajstić information content (AvgIpc) is 3.35. The number of aromatic nitrogens is 4. The molecule has 1 atom stereocenters. The third kappa shape index (κ3) is 4.76. The van der Waals surface area contributed by atoms with Gasteiger partial charge in [0.05, 0.1) is 22.6 Å². The highest BCUT2D eigenvalue weighted by atomic mass is 35.5. The van der Waals surface area contributed by atoms with Gasteiger partial charge in [-0.1, -0.05) is 36.9 Å². The molecule has 1 aliphatic heterocycles. The highest BCUT2D eigenvalue weighted by Gasteiger charge is 2.29. The Bertz CT molecular complexity index is 1600. The molecule has 1 fully saturated rings. The molecule has 9 nitrogen and oxygen atoms in total. The molecule has 1 saturated heterocycles. The van der Waals surface area contributed by atoms with Crippen LogP contribution in [-0.2, 0) is 9.59 Å². The zero-order valence-electron chi connectivity index (χ0n) is 20.4. The van der Waals surface area contributed by atoms with Crippen LogP contribution in [0.4, 0.5) is 0 Å². The predicted octanol–water partition coefficient (Wildman–Crippen LogP) is 4.34. The first-order valence-corrected chi connectivity index (χ1v) is 12.4. The Morgan fingerprint density at radius 2 is 1.82 bits per heavy atom. The Hall–Kier alpha value is -4.50. The van der Waals surface area contributed by atoms with Gasteiger partial charge in [0, 0.05) is 54.9 Å². The zero-order chi connectivity index (χ0) is 26.8. The summed E-state index contributed by atoms with van der Waals surface area (Å²) in [6.45, 7) is 8.14. The summed E-state index contributed by atoms with van der Waals surface area (Å²) in [7, 11) is 0. The number of nitrogens with zero attached hydrogens (tertiary/aromatic N) is 5. The van der Waals surface area contributed by atoms with Crippen LogP contribution in [0.3, 0.4) is 0 Å². The van der Waals surface area contributed by atoms with Crippen LogP contribution in [0.2, 0.25) is 5.02 Å². The molecule has 0 saturated carbocycles. The number of rotatable bonds is 6. The fourth-order valence-electron chi connectivity index (χ4n) is 4.59. The van der Waals surface area contributed by atoms with Crippen molar-refractivity contribution in [2.75, 3.05) is 13.1 Å². The number of piperidine rings is 1. The van der Waals surface area contributed by atoms with Crippen LogP contribution in [0.1, 0.15) is 18.9 Å². The number of benzene rings is 1. The van der Waals surface area contributed by atoms with Crippen molar-refractivity contribution in [2.45, 2.75) is 18.9 Å². The van der Waals surface area contributed by atoms with Gasteiger partial charge >= 0.3 is 5.97 Å². The molecule has 38 heavy (non-hydrogen) atoms. The van der Waals surface area contributed by atoms with Gasteiger partial charge in [0.15, 0.2) is 16.8 Å². The van der Waals surface area contributed by atoms with Gasteiger partial charge in [-0.25, -0.2) is 14.5 Å². The van der Waals surface area contributed by atoms with Crippen molar-refractivity contribution in [3.63, 3.8) is 0 Å². The van der Waals surface area contributed by atoms with Gasteiger partial charge < -0.3 is 14.2 Å². The number of ether oxygens (including phenoxy) is 1. The highest BCUT2D eigenvalue weighted by molar-refractivity contribution is 6.37. The summed E-state index contributed by atoms with van der Waals surface area (Å²) in [4.78, 5) is 42.0. The first kappa shape index (κ1) is 25.2. The van der Waals surface area contributed by atoms with Gasteiger partial charge in [0.1, 0.15) is 5.69 Å². The molecule has 0 aliphatic carbocycles. The summed E-state index contributed by atoms with van der Waals surface area (Å²) in [5.74, 6) is -0.686. The lowest BCUT2D eigenvalue weighted by molar-refractivity contribution is -0.129. The van der Waals surface area contributed by atoms with E-state index in [4.69, 9.17) is 21.4 Å². The van der Waals surface area contributed by atoms with Gasteiger partial charge in [-0.2, -0.15) is 5.10 Å². The van der Waals surface area contributed by atoms with E-state index in [0.29, 0.717) is 29.8 Å². The van der Waals surface area contributed by atoms with E-state index in [9.17, 15) is 14.4 Å². The van der Waals surface area contributed by atoms with Crippen molar-refractivity contribution in [3.8, 4) is 22.7 Å². The standard InChI is InChI=1S/C28H24ClN5O4/c1-3-23(36)33-13-5-6-20(17-33)34-28-25(26(29)22(16-30-28)38-24(37)4-2)27(31-34)18-7-9-19(10-8-18)32-14-11-21(35)12-15-32/h3-4,7-12,14-16,20H,1-2,5-6,13,17H2/t20-/m1/s1. The first-order valence-electron chi connectivity index (χ1n) is 12.0. The molecular formula is C28H24ClN5O4. The number of hydrogen-bond acceptors (Lipinski definition) is 6. The van der Waals surface area contributed by atoms with Crippen LogP contribution in [-0.4, -0.2) is 49.2 Å². The van der Waals surface area contributed by atoms with E-state index in [-0.39, 0.29) is 28.1 Å². The maximum Gasteiger partial charge on any atom is 0.335 e. The largest absolute Gasteiger partial charge is 0.420 e. The Morgan fingerprint density at radius 1 is 1.08 bits per heavy atom. The Morgan fingerprint density at radius 3 is 2.50 bits per heavy atom. The SMILES string of the molecule is C=CC(=O)Oc1cnc2c(c(-c3ccc(-n4ccc(=O)cc4)cc3)nn2[C@@H]2CCCN(C(=O)C=C)C2)c1Cl. The lowest BCUT2D eigenvalue weighted by Crippen LogP contribution is -2.40. The molecule has 192 valence electrons. The Labute approximate surface area is 223 Å². The Kier molecular flexibility index (Phi) is 6.93. The van der Waals surface area contributed by atoms with Crippen molar-refractivity contribution in [1.29, 1.82) is 0 Å². The molecule has 0 N–H and O–H groups in total. The van der Waals surface area contributed by atoms with E-state index in [1.54, 1.807) is 22.0 Å². The molecule has 1 aromatic carbocycles. The molecule has 4 aromatic rings. The van der Waals surface area contributed by atoms with Crippen LogP contribution < -0.4 is 10.2 Å². The third-order valence-electron chi connectivity index (χ3n) is 6.47. The maximum atomic E-state index is 12.3. The number of halogens is 1. The quantitative estimate of drug-likeness (QED) is 0.272. The highest BCUT2D eigenvalue weighted by Crippen LogP contribution is 2.39. The second-order valence-electron chi connectivity index (χ2n) is 8.83. The number of esters is 1. The molecule has 3 aromatic heterocycles. The monoisotopic (exact) mass is 529 g/mol. The van der Waals surface area contributed by atoms with Gasteiger partial charge in [-0.3, -0.25) is 9.59 Å². The summed E-state index contributed by atoms with van der Waals surface area (Å²) in [5, 5.41) is 5.65. The molecule has 0 unspecified atom stereocenters. The third-order valence-corrected chi connectivity index (χ3v) is 6.84.